The number of carbonyl (C=O) groups is 2. The average Bonchev–Trinajstić information content (AvgIpc) is 3.27. The van der Waals surface area contributed by atoms with E-state index in [0.29, 0.717) is 15.9 Å². The van der Waals surface area contributed by atoms with Crippen molar-refractivity contribution in [1.82, 2.24) is 4.57 Å². The highest BCUT2D eigenvalue weighted by Crippen LogP contribution is 2.39. The highest BCUT2D eigenvalue weighted by molar-refractivity contribution is 7.92. The van der Waals surface area contributed by atoms with Crippen molar-refractivity contribution in [1.29, 1.82) is 0 Å². The summed E-state index contributed by atoms with van der Waals surface area (Å²) in [5.41, 5.74) is 0.923. The fraction of sp³-hybridized carbons (Fsp3) is 0.120. The molecule has 0 bridgehead atoms. The second-order valence-corrected chi connectivity index (χ2v) is 10.1. The number of nitrogens with zero attached hydrogens (tertiary/aromatic N) is 2. The average molecular weight is 511 g/mol. The van der Waals surface area contributed by atoms with Crippen LogP contribution < -0.4 is 9.04 Å². The van der Waals surface area contributed by atoms with Gasteiger partial charge in [0.25, 0.3) is 15.9 Å². The number of fused-ring (bicyclic) bond motifs is 2. The molecule has 0 unspecified atom stereocenters. The molecule has 0 fully saturated rings. The van der Waals surface area contributed by atoms with Crippen LogP contribution in [0.15, 0.2) is 83.9 Å². The van der Waals surface area contributed by atoms with Crippen LogP contribution in [-0.2, 0) is 14.8 Å². The van der Waals surface area contributed by atoms with Crippen LogP contribution in [0.1, 0.15) is 15.2 Å². The number of esters is 1. The monoisotopic (exact) mass is 510 g/mol. The van der Waals surface area contributed by atoms with Crippen LogP contribution in [0.5, 0.6) is 5.75 Å². The summed E-state index contributed by atoms with van der Waals surface area (Å²) in [6, 6.07) is 19.4. The quantitative estimate of drug-likeness (QED) is 0.378. The van der Waals surface area contributed by atoms with Gasteiger partial charge in [-0.2, -0.15) is 0 Å². The minimum atomic E-state index is -4.04. The van der Waals surface area contributed by atoms with E-state index in [2.05, 4.69) is 0 Å². The van der Waals surface area contributed by atoms with Gasteiger partial charge in [-0.1, -0.05) is 48.0 Å². The Morgan fingerprint density at radius 1 is 1.03 bits per heavy atom. The maximum atomic E-state index is 13.7. The highest BCUT2D eigenvalue weighted by atomic mass is 35.5. The van der Waals surface area contributed by atoms with E-state index >= 15 is 0 Å². The number of halogens is 1. The molecule has 0 radical (unpaired) electrons. The molecule has 0 saturated heterocycles. The van der Waals surface area contributed by atoms with E-state index in [-0.39, 0.29) is 28.4 Å². The third-order valence-electron chi connectivity index (χ3n) is 5.75. The molecule has 178 valence electrons. The Labute approximate surface area is 206 Å². The number of benzene rings is 3. The van der Waals surface area contributed by atoms with Crippen molar-refractivity contribution in [2.75, 3.05) is 18.0 Å². The summed E-state index contributed by atoms with van der Waals surface area (Å²) in [7, 11) is -2.78. The molecule has 1 aliphatic rings. The van der Waals surface area contributed by atoms with Gasteiger partial charge in [0, 0.05) is 16.6 Å². The van der Waals surface area contributed by atoms with Gasteiger partial charge in [-0.25, -0.2) is 13.2 Å². The fourth-order valence-electron chi connectivity index (χ4n) is 4.09. The summed E-state index contributed by atoms with van der Waals surface area (Å²) in [6.07, 6.45) is 0.193. The molecule has 1 aromatic heterocycles. The zero-order chi connectivity index (χ0) is 24.7. The fourth-order valence-corrected chi connectivity index (χ4v) is 5.75. The number of hydrogen-bond acceptors (Lipinski definition) is 6. The Balaban J connectivity index is 1.60. The second kappa shape index (κ2) is 8.75. The predicted molar refractivity (Wildman–Crippen MR) is 131 cm³/mol. The van der Waals surface area contributed by atoms with Crippen LogP contribution in [0.3, 0.4) is 0 Å². The van der Waals surface area contributed by atoms with Gasteiger partial charge in [0.1, 0.15) is 5.75 Å². The minimum absolute atomic E-state index is 0.0680. The lowest BCUT2D eigenvalue weighted by atomic mass is 10.2. The largest absolute Gasteiger partial charge is 0.476 e. The van der Waals surface area contributed by atoms with Gasteiger partial charge in [-0.15, -0.1) is 0 Å². The summed E-state index contributed by atoms with van der Waals surface area (Å²) in [6.45, 7) is -0.288. The van der Waals surface area contributed by atoms with Gasteiger partial charge < -0.3 is 9.47 Å². The van der Waals surface area contributed by atoms with Crippen LogP contribution in [0.25, 0.3) is 10.9 Å². The van der Waals surface area contributed by atoms with E-state index in [1.54, 1.807) is 48.5 Å². The first-order valence-electron chi connectivity index (χ1n) is 10.6. The lowest BCUT2D eigenvalue weighted by Gasteiger charge is -2.35. The van der Waals surface area contributed by atoms with Crippen LogP contribution >= 0.6 is 11.6 Å². The molecule has 35 heavy (non-hydrogen) atoms. The molecule has 1 atom stereocenters. The molecule has 3 aromatic carbocycles. The second-order valence-electron chi connectivity index (χ2n) is 7.83. The maximum absolute atomic E-state index is 13.7. The molecule has 0 saturated carbocycles. The minimum Gasteiger partial charge on any atom is -0.476 e. The van der Waals surface area contributed by atoms with Crippen LogP contribution in [0.4, 0.5) is 5.69 Å². The van der Waals surface area contributed by atoms with Gasteiger partial charge in [0.2, 0.25) is 0 Å². The number of aromatic nitrogens is 1. The van der Waals surface area contributed by atoms with E-state index < -0.39 is 28.0 Å². The lowest BCUT2D eigenvalue weighted by Crippen LogP contribution is -2.48. The van der Waals surface area contributed by atoms with Crippen molar-refractivity contribution in [2.45, 2.75) is 11.0 Å². The molecule has 0 N–H and O–H groups in total. The number of rotatable bonds is 4. The summed E-state index contributed by atoms with van der Waals surface area (Å²) in [5.74, 6) is -0.932. The number of sulfonamides is 1. The molecule has 1 aliphatic heterocycles. The Hall–Kier alpha value is -3.82. The van der Waals surface area contributed by atoms with Crippen molar-refractivity contribution in [3.63, 3.8) is 0 Å². The van der Waals surface area contributed by atoms with Gasteiger partial charge in [-0.3, -0.25) is 13.7 Å². The Kier molecular flexibility index (Phi) is 5.74. The normalized spacial score (nSPS) is 15.4. The SMILES string of the molecule is COC(=O)c1cn(C(=O)[C@@H]2CN(S(=O)(=O)c3ccccc3)c3cc(Cl)ccc3O2)c2ccccc12. The molecule has 0 spiro atoms. The number of carbonyl (C=O) groups excluding carboxylic acids is 2. The van der Waals surface area contributed by atoms with Gasteiger partial charge >= 0.3 is 5.97 Å². The summed E-state index contributed by atoms with van der Waals surface area (Å²) in [5, 5.41) is 0.856. The lowest BCUT2D eigenvalue weighted by molar-refractivity contribution is 0.0602. The van der Waals surface area contributed by atoms with Crippen LogP contribution in [0, 0.1) is 0 Å². The van der Waals surface area contributed by atoms with Crippen LogP contribution in [0.2, 0.25) is 5.02 Å². The van der Waals surface area contributed by atoms with Crippen molar-refractivity contribution in [3.8, 4) is 5.75 Å². The van der Waals surface area contributed by atoms with Crippen molar-refractivity contribution < 1.29 is 27.5 Å². The van der Waals surface area contributed by atoms with E-state index in [0.717, 1.165) is 4.31 Å². The number of para-hydroxylation sites is 1. The molecule has 10 heteroatoms. The first-order valence-corrected chi connectivity index (χ1v) is 12.4. The molecule has 5 rings (SSSR count). The predicted octanol–water partition coefficient (Wildman–Crippen LogP) is 4.38. The molecule has 4 aromatic rings. The van der Waals surface area contributed by atoms with Gasteiger partial charge in [-0.05, 0) is 36.4 Å². The standard InChI is InChI=1S/C25H19ClN2O6S/c1-33-25(30)19-14-27(20-10-6-5-9-18(19)20)24(29)23-15-28(21-13-16(26)11-12-22(21)34-23)35(31,32)17-7-3-2-4-8-17/h2-14,23H,15H2,1H3/t23-/m0/s1. The topological polar surface area (TPSA) is 94.9 Å². The Morgan fingerprint density at radius 2 is 1.74 bits per heavy atom. The van der Waals surface area contributed by atoms with E-state index in [1.165, 1.54) is 42.1 Å². The number of hydrogen-bond donors (Lipinski definition) is 0. The van der Waals surface area contributed by atoms with Crippen molar-refractivity contribution in [3.05, 3.63) is 89.6 Å². The highest BCUT2D eigenvalue weighted by Gasteiger charge is 2.38. The zero-order valence-electron chi connectivity index (χ0n) is 18.4. The van der Waals surface area contributed by atoms with E-state index in [1.807, 2.05) is 0 Å². The van der Waals surface area contributed by atoms with E-state index in [4.69, 9.17) is 21.1 Å². The Bertz CT molecular complexity index is 1570. The maximum Gasteiger partial charge on any atom is 0.340 e. The van der Waals surface area contributed by atoms with E-state index in [9.17, 15) is 18.0 Å². The zero-order valence-corrected chi connectivity index (χ0v) is 20.0. The molecule has 8 nitrogen and oxygen atoms in total. The number of methoxy groups -OCH3 is 1. The molecule has 2 heterocycles. The molecular formula is C25H19ClN2O6S. The van der Waals surface area contributed by atoms with Gasteiger partial charge in [0.15, 0.2) is 6.10 Å². The van der Waals surface area contributed by atoms with Crippen LogP contribution in [-0.4, -0.2) is 44.6 Å². The smallest absolute Gasteiger partial charge is 0.340 e. The van der Waals surface area contributed by atoms with Crippen molar-refractivity contribution >= 4 is 50.1 Å². The van der Waals surface area contributed by atoms with Gasteiger partial charge in [0.05, 0.1) is 35.3 Å². The summed E-state index contributed by atoms with van der Waals surface area (Å²) in [4.78, 5) is 26.0. The number of ether oxygens (including phenoxy) is 2. The summed E-state index contributed by atoms with van der Waals surface area (Å²) >= 11 is 6.15. The first kappa shape index (κ1) is 22.9. The van der Waals surface area contributed by atoms with Crippen molar-refractivity contribution in [2.24, 2.45) is 0 Å². The first-order chi connectivity index (χ1) is 16.8. The third kappa shape index (κ3) is 3.92. The summed E-state index contributed by atoms with van der Waals surface area (Å²) < 4.78 is 40.4. The third-order valence-corrected chi connectivity index (χ3v) is 7.78. The number of anilines is 1. The Morgan fingerprint density at radius 3 is 2.49 bits per heavy atom. The molecule has 0 amide bonds. The molecule has 0 aliphatic carbocycles. The molecular weight excluding hydrogens is 492 g/mol.